The van der Waals surface area contributed by atoms with Gasteiger partial charge in [-0.1, -0.05) is 0 Å². The lowest BCUT2D eigenvalue weighted by molar-refractivity contribution is 0.393. The summed E-state index contributed by atoms with van der Waals surface area (Å²) in [7, 11) is -2.82. The van der Waals surface area contributed by atoms with Gasteiger partial charge in [0.15, 0.2) is 9.84 Å². The van der Waals surface area contributed by atoms with Crippen molar-refractivity contribution in [1.82, 2.24) is 10.3 Å². The summed E-state index contributed by atoms with van der Waals surface area (Å²) < 4.78 is 22.7. The second kappa shape index (κ2) is 3.64. The SMILES string of the molecule is CC1(NCc2ccc[nH]2)CCS(=O)(=O)C1. The first kappa shape index (κ1) is 10.7. The normalized spacial score (nSPS) is 29.4. The Kier molecular flexibility index (Phi) is 2.60. The van der Waals surface area contributed by atoms with Gasteiger partial charge in [-0.3, -0.25) is 0 Å². The van der Waals surface area contributed by atoms with Crippen LogP contribution in [0.4, 0.5) is 0 Å². The predicted octanol–water partition coefficient (Wildman–Crippen LogP) is 0.681. The van der Waals surface area contributed by atoms with Crippen molar-refractivity contribution in [1.29, 1.82) is 0 Å². The molecule has 1 atom stereocenters. The number of sulfone groups is 1. The molecule has 1 fully saturated rings. The Balaban J connectivity index is 1.95. The summed E-state index contributed by atoms with van der Waals surface area (Å²) in [5, 5.41) is 3.31. The van der Waals surface area contributed by atoms with E-state index < -0.39 is 9.84 Å². The summed E-state index contributed by atoms with van der Waals surface area (Å²) in [6.45, 7) is 2.67. The molecule has 2 N–H and O–H groups in total. The van der Waals surface area contributed by atoms with Crippen LogP contribution in [-0.2, 0) is 16.4 Å². The van der Waals surface area contributed by atoms with Gasteiger partial charge in [-0.2, -0.15) is 0 Å². The zero-order valence-corrected chi connectivity index (χ0v) is 9.60. The maximum atomic E-state index is 11.4. The van der Waals surface area contributed by atoms with Crippen molar-refractivity contribution < 1.29 is 8.42 Å². The highest BCUT2D eigenvalue weighted by Crippen LogP contribution is 2.23. The molecular weight excluding hydrogens is 212 g/mol. The number of nitrogens with one attached hydrogen (secondary N) is 2. The average molecular weight is 228 g/mol. The maximum Gasteiger partial charge on any atom is 0.152 e. The number of hydrogen-bond donors (Lipinski definition) is 2. The van der Waals surface area contributed by atoms with Gasteiger partial charge in [0, 0.05) is 24.0 Å². The van der Waals surface area contributed by atoms with Crippen LogP contribution < -0.4 is 5.32 Å². The standard InChI is InChI=1S/C10H16N2O2S/c1-10(4-6-15(13,14)8-10)12-7-9-3-2-5-11-9/h2-3,5,11-12H,4,6-8H2,1H3. The van der Waals surface area contributed by atoms with Crippen molar-refractivity contribution in [2.45, 2.75) is 25.4 Å². The van der Waals surface area contributed by atoms with Crippen LogP contribution in [0.25, 0.3) is 0 Å². The molecule has 0 amide bonds. The molecule has 84 valence electrons. The molecule has 2 rings (SSSR count). The molecule has 1 aromatic heterocycles. The third kappa shape index (κ3) is 2.60. The van der Waals surface area contributed by atoms with Gasteiger partial charge >= 0.3 is 0 Å². The lowest BCUT2D eigenvalue weighted by Crippen LogP contribution is -2.42. The lowest BCUT2D eigenvalue weighted by Gasteiger charge is -2.23. The zero-order valence-electron chi connectivity index (χ0n) is 8.79. The van der Waals surface area contributed by atoms with E-state index in [4.69, 9.17) is 0 Å². The molecule has 0 spiro atoms. The van der Waals surface area contributed by atoms with Gasteiger partial charge < -0.3 is 10.3 Å². The van der Waals surface area contributed by atoms with E-state index in [0.29, 0.717) is 18.7 Å². The monoisotopic (exact) mass is 228 g/mol. The largest absolute Gasteiger partial charge is 0.364 e. The Morgan fingerprint density at radius 2 is 2.40 bits per heavy atom. The highest BCUT2D eigenvalue weighted by Gasteiger charge is 2.37. The van der Waals surface area contributed by atoms with Gasteiger partial charge in [0.2, 0.25) is 0 Å². The molecule has 1 aliphatic heterocycles. The number of H-pyrrole nitrogens is 1. The minimum absolute atomic E-state index is 0.251. The van der Waals surface area contributed by atoms with Crippen LogP contribution in [0.3, 0.4) is 0 Å². The van der Waals surface area contributed by atoms with Crippen molar-refractivity contribution in [2.24, 2.45) is 0 Å². The van der Waals surface area contributed by atoms with Crippen molar-refractivity contribution in [3.8, 4) is 0 Å². The molecule has 1 saturated heterocycles. The summed E-state index contributed by atoms with van der Waals surface area (Å²) in [6, 6.07) is 3.92. The van der Waals surface area contributed by atoms with E-state index in [9.17, 15) is 8.42 Å². The number of aromatic amines is 1. The topological polar surface area (TPSA) is 62.0 Å². The Morgan fingerprint density at radius 1 is 1.60 bits per heavy atom. The minimum atomic E-state index is -2.82. The second-order valence-corrected chi connectivity index (χ2v) is 6.64. The van der Waals surface area contributed by atoms with Gasteiger partial charge in [0.25, 0.3) is 0 Å². The molecular formula is C10H16N2O2S. The van der Waals surface area contributed by atoms with Gasteiger partial charge in [-0.05, 0) is 25.5 Å². The summed E-state index contributed by atoms with van der Waals surface area (Å²) in [5.74, 6) is 0.557. The average Bonchev–Trinajstić information content (AvgIpc) is 2.71. The van der Waals surface area contributed by atoms with Crippen LogP contribution in [0.1, 0.15) is 19.0 Å². The molecule has 0 aliphatic carbocycles. The fourth-order valence-electron chi connectivity index (χ4n) is 1.94. The Hall–Kier alpha value is -0.810. The molecule has 2 heterocycles. The summed E-state index contributed by atoms with van der Waals surface area (Å²) in [5.41, 5.74) is 0.824. The van der Waals surface area contributed by atoms with Crippen molar-refractivity contribution in [3.63, 3.8) is 0 Å². The van der Waals surface area contributed by atoms with E-state index in [1.165, 1.54) is 0 Å². The van der Waals surface area contributed by atoms with Crippen molar-refractivity contribution in [2.75, 3.05) is 11.5 Å². The van der Waals surface area contributed by atoms with E-state index in [1.54, 1.807) is 0 Å². The van der Waals surface area contributed by atoms with Gasteiger partial charge in [-0.25, -0.2) is 8.42 Å². The highest BCUT2D eigenvalue weighted by molar-refractivity contribution is 7.91. The summed E-state index contributed by atoms with van der Waals surface area (Å²) in [6.07, 6.45) is 2.57. The smallest absolute Gasteiger partial charge is 0.152 e. The summed E-state index contributed by atoms with van der Waals surface area (Å²) in [4.78, 5) is 3.09. The fraction of sp³-hybridized carbons (Fsp3) is 0.600. The molecule has 1 aromatic rings. The molecule has 0 bridgehead atoms. The Morgan fingerprint density at radius 3 is 2.93 bits per heavy atom. The minimum Gasteiger partial charge on any atom is -0.364 e. The molecule has 1 aliphatic rings. The highest BCUT2D eigenvalue weighted by atomic mass is 32.2. The first-order valence-electron chi connectivity index (χ1n) is 5.07. The second-order valence-electron chi connectivity index (χ2n) is 4.45. The molecule has 0 radical (unpaired) electrons. The van der Waals surface area contributed by atoms with Crippen molar-refractivity contribution >= 4 is 9.84 Å². The van der Waals surface area contributed by atoms with Gasteiger partial charge in [-0.15, -0.1) is 0 Å². The molecule has 1 unspecified atom stereocenters. The van der Waals surface area contributed by atoms with E-state index in [2.05, 4.69) is 10.3 Å². The third-order valence-electron chi connectivity index (χ3n) is 2.87. The number of rotatable bonds is 3. The van der Waals surface area contributed by atoms with E-state index in [0.717, 1.165) is 5.69 Å². The number of aromatic nitrogens is 1. The quantitative estimate of drug-likeness (QED) is 0.800. The van der Waals surface area contributed by atoms with Crippen LogP contribution in [0.2, 0.25) is 0 Å². The Labute approximate surface area is 90.0 Å². The van der Waals surface area contributed by atoms with Crippen LogP contribution in [0.15, 0.2) is 18.3 Å². The molecule has 5 heteroatoms. The zero-order chi connectivity index (χ0) is 10.9. The van der Waals surface area contributed by atoms with Crippen LogP contribution in [-0.4, -0.2) is 30.4 Å². The maximum absolute atomic E-state index is 11.4. The van der Waals surface area contributed by atoms with Crippen LogP contribution in [0.5, 0.6) is 0 Å². The first-order valence-corrected chi connectivity index (χ1v) is 6.89. The summed E-state index contributed by atoms with van der Waals surface area (Å²) >= 11 is 0. The Bertz CT molecular complexity index is 424. The third-order valence-corrected chi connectivity index (χ3v) is 4.77. The van der Waals surface area contributed by atoms with Gasteiger partial charge in [0.05, 0.1) is 11.5 Å². The molecule has 4 nitrogen and oxygen atoms in total. The fourth-order valence-corrected chi connectivity index (χ4v) is 4.06. The molecule has 0 saturated carbocycles. The molecule has 15 heavy (non-hydrogen) atoms. The van der Waals surface area contributed by atoms with E-state index in [-0.39, 0.29) is 11.3 Å². The van der Waals surface area contributed by atoms with Crippen molar-refractivity contribution in [3.05, 3.63) is 24.0 Å². The number of hydrogen-bond acceptors (Lipinski definition) is 3. The predicted molar refractivity (Wildman–Crippen MR) is 59.3 cm³/mol. The first-order chi connectivity index (χ1) is 6.99. The van der Waals surface area contributed by atoms with Crippen LogP contribution >= 0.6 is 0 Å². The lowest BCUT2D eigenvalue weighted by atomic mass is 10.0. The molecule has 0 aromatic carbocycles. The van der Waals surface area contributed by atoms with Crippen LogP contribution in [0, 0.1) is 0 Å². The van der Waals surface area contributed by atoms with E-state index in [1.807, 2.05) is 25.3 Å². The van der Waals surface area contributed by atoms with E-state index >= 15 is 0 Å². The van der Waals surface area contributed by atoms with Gasteiger partial charge in [0.1, 0.15) is 0 Å².